The topological polar surface area (TPSA) is 81.0 Å². The van der Waals surface area contributed by atoms with Crippen molar-refractivity contribution in [2.45, 2.75) is 162 Å². The SMILES string of the molecule is CCCCCCCCCCC(O)CN(CC(O)CCCCCCCCCC)C(C(=O)O)C(C)C. The Morgan fingerprint density at radius 1 is 0.618 bits per heavy atom. The highest BCUT2D eigenvalue weighted by atomic mass is 16.4. The lowest BCUT2D eigenvalue weighted by Gasteiger charge is -2.34. The zero-order valence-corrected chi connectivity index (χ0v) is 23.1. The van der Waals surface area contributed by atoms with Gasteiger partial charge in [0.05, 0.1) is 12.2 Å². The zero-order valence-electron chi connectivity index (χ0n) is 23.1. The lowest BCUT2D eigenvalue weighted by atomic mass is 9.99. The molecular weight excluding hydrogens is 426 g/mol. The molecule has 3 unspecified atom stereocenters. The Hall–Kier alpha value is -0.650. The van der Waals surface area contributed by atoms with Gasteiger partial charge in [-0.25, -0.2) is 0 Å². The molecule has 3 atom stereocenters. The first kappa shape index (κ1) is 33.4. The first-order valence-electron chi connectivity index (χ1n) is 14.7. The van der Waals surface area contributed by atoms with Gasteiger partial charge in [-0.1, -0.05) is 130 Å². The van der Waals surface area contributed by atoms with Gasteiger partial charge in [0, 0.05) is 13.1 Å². The second kappa shape index (κ2) is 22.8. The zero-order chi connectivity index (χ0) is 25.6. The molecule has 5 heteroatoms. The minimum atomic E-state index is -0.867. The largest absolute Gasteiger partial charge is 0.480 e. The van der Waals surface area contributed by atoms with Gasteiger partial charge in [0.1, 0.15) is 6.04 Å². The molecule has 0 saturated heterocycles. The molecule has 204 valence electrons. The second-order valence-electron chi connectivity index (χ2n) is 10.8. The maximum atomic E-state index is 12.0. The molecule has 0 aromatic carbocycles. The van der Waals surface area contributed by atoms with Crippen LogP contribution in [0.3, 0.4) is 0 Å². The number of nitrogens with zero attached hydrogens (tertiary/aromatic N) is 1. The lowest BCUT2D eigenvalue weighted by Crippen LogP contribution is -2.50. The highest BCUT2D eigenvalue weighted by Gasteiger charge is 2.31. The van der Waals surface area contributed by atoms with Gasteiger partial charge in [0.25, 0.3) is 0 Å². The van der Waals surface area contributed by atoms with E-state index < -0.39 is 24.2 Å². The summed E-state index contributed by atoms with van der Waals surface area (Å²) >= 11 is 0. The van der Waals surface area contributed by atoms with E-state index in [4.69, 9.17) is 0 Å². The average Bonchev–Trinajstić information content (AvgIpc) is 2.76. The molecule has 0 fully saturated rings. The Balaban J connectivity index is 4.41. The van der Waals surface area contributed by atoms with Gasteiger partial charge in [-0.05, 0) is 18.8 Å². The van der Waals surface area contributed by atoms with E-state index in [2.05, 4.69) is 13.8 Å². The van der Waals surface area contributed by atoms with Gasteiger partial charge >= 0.3 is 5.97 Å². The van der Waals surface area contributed by atoms with E-state index in [0.717, 1.165) is 25.7 Å². The molecule has 34 heavy (non-hydrogen) atoms. The monoisotopic (exact) mass is 485 g/mol. The van der Waals surface area contributed by atoms with E-state index >= 15 is 0 Å². The van der Waals surface area contributed by atoms with Crippen molar-refractivity contribution in [3.05, 3.63) is 0 Å². The minimum absolute atomic E-state index is 0.0804. The fourth-order valence-electron chi connectivity index (χ4n) is 4.92. The summed E-state index contributed by atoms with van der Waals surface area (Å²) in [5.41, 5.74) is 0. The van der Waals surface area contributed by atoms with Crippen LogP contribution in [0.15, 0.2) is 0 Å². The first-order chi connectivity index (χ1) is 16.3. The van der Waals surface area contributed by atoms with Crippen molar-refractivity contribution in [1.82, 2.24) is 4.90 Å². The average molecular weight is 486 g/mol. The number of aliphatic hydroxyl groups excluding tert-OH is 2. The van der Waals surface area contributed by atoms with Crippen molar-refractivity contribution in [2.24, 2.45) is 5.92 Å². The lowest BCUT2D eigenvalue weighted by molar-refractivity contribution is -0.146. The number of hydrogen-bond acceptors (Lipinski definition) is 4. The van der Waals surface area contributed by atoms with E-state index in [9.17, 15) is 20.1 Å². The van der Waals surface area contributed by atoms with Crippen LogP contribution in [-0.2, 0) is 4.79 Å². The van der Waals surface area contributed by atoms with Crippen molar-refractivity contribution in [2.75, 3.05) is 13.1 Å². The quantitative estimate of drug-likeness (QED) is 0.119. The molecule has 0 aliphatic rings. The Morgan fingerprint density at radius 2 is 0.941 bits per heavy atom. The van der Waals surface area contributed by atoms with Crippen molar-refractivity contribution < 1.29 is 20.1 Å². The van der Waals surface area contributed by atoms with E-state index in [-0.39, 0.29) is 5.92 Å². The van der Waals surface area contributed by atoms with E-state index in [0.29, 0.717) is 25.9 Å². The Bertz CT molecular complexity index is 429. The van der Waals surface area contributed by atoms with Crippen LogP contribution >= 0.6 is 0 Å². The molecule has 0 aromatic rings. The maximum Gasteiger partial charge on any atom is 0.321 e. The molecular formula is C29H59NO4. The molecule has 0 saturated carbocycles. The smallest absolute Gasteiger partial charge is 0.321 e. The number of rotatable bonds is 25. The van der Waals surface area contributed by atoms with Crippen molar-refractivity contribution in [3.8, 4) is 0 Å². The van der Waals surface area contributed by atoms with Gasteiger partial charge < -0.3 is 15.3 Å². The molecule has 0 bridgehead atoms. The number of unbranched alkanes of at least 4 members (excludes halogenated alkanes) is 14. The van der Waals surface area contributed by atoms with Crippen molar-refractivity contribution in [3.63, 3.8) is 0 Å². The van der Waals surface area contributed by atoms with Crippen LogP contribution in [0.2, 0.25) is 0 Å². The number of carboxylic acid groups (broad SMARTS) is 1. The summed E-state index contributed by atoms with van der Waals surface area (Å²) in [6.07, 6.45) is 19.9. The first-order valence-corrected chi connectivity index (χ1v) is 14.7. The Labute approximate surface area is 211 Å². The van der Waals surface area contributed by atoms with Crippen LogP contribution in [0.25, 0.3) is 0 Å². The van der Waals surface area contributed by atoms with Gasteiger partial charge in [0.15, 0.2) is 0 Å². The molecule has 0 radical (unpaired) electrons. The van der Waals surface area contributed by atoms with Crippen molar-refractivity contribution >= 4 is 5.97 Å². The Kier molecular flexibility index (Phi) is 22.4. The van der Waals surface area contributed by atoms with Crippen LogP contribution in [0.5, 0.6) is 0 Å². The summed E-state index contributed by atoms with van der Waals surface area (Å²) in [6, 6.07) is -0.679. The van der Waals surface area contributed by atoms with Crippen LogP contribution < -0.4 is 0 Å². The maximum absolute atomic E-state index is 12.0. The summed E-state index contributed by atoms with van der Waals surface area (Å²) in [5.74, 6) is -0.948. The predicted octanol–water partition coefficient (Wildman–Crippen LogP) is 7.18. The fraction of sp³-hybridized carbons (Fsp3) is 0.966. The van der Waals surface area contributed by atoms with Crippen molar-refractivity contribution in [1.29, 1.82) is 0 Å². The van der Waals surface area contributed by atoms with E-state index in [1.165, 1.54) is 77.0 Å². The Morgan fingerprint density at radius 3 is 1.24 bits per heavy atom. The highest BCUT2D eigenvalue weighted by Crippen LogP contribution is 2.18. The van der Waals surface area contributed by atoms with E-state index in [1.54, 1.807) is 0 Å². The number of aliphatic carboxylic acids is 1. The van der Waals surface area contributed by atoms with Gasteiger partial charge in [-0.2, -0.15) is 0 Å². The molecule has 0 aromatic heterocycles. The summed E-state index contributed by atoms with van der Waals surface area (Å²) in [7, 11) is 0. The number of carboxylic acids is 1. The second-order valence-corrected chi connectivity index (χ2v) is 10.8. The predicted molar refractivity (Wildman–Crippen MR) is 144 cm³/mol. The number of hydrogen-bond donors (Lipinski definition) is 3. The van der Waals surface area contributed by atoms with Crippen LogP contribution in [0, 0.1) is 5.92 Å². The molecule has 0 heterocycles. The summed E-state index contributed by atoms with van der Waals surface area (Å²) in [6.45, 7) is 8.91. The standard InChI is InChI=1S/C29H59NO4/c1-5-7-9-11-13-15-17-19-21-26(31)23-30(28(25(3)4)29(33)34)24-27(32)22-20-18-16-14-12-10-8-6-2/h25-28,31-32H,5-24H2,1-4H3,(H,33,34). The molecule has 5 nitrogen and oxygen atoms in total. The van der Waals surface area contributed by atoms with Crippen LogP contribution in [-0.4, -0.2) is 57.5 Å². The molecule has 0 amide bonds. The third kappa shape index (κ3) is 18.6. The molecule has 0 rings (SSSR count). The molecule has 0 aliphatic carbocycles. The summed E-state index contributed by atoms with van der Waals surface area (Å²) in [4.78, 5) is 13.8. The van der Waals surface area contributed by atoms with Crippen LogP contribution in [0.1, 0.15) is 143 Å². The van der Waals surface area contributed by atoms with E-state index in [1.807, 2.05) is 18.7 Å². The summed E-state index contributed by atoms with van der Waals surface area (Å²) < 4.78 is 0. The van der Waals surface area contributed by atoms with Gasteiger partial charge in [0.2, 0.25) is 0 Å². The fourth-order valence-corrected chi connectivity index (χ4v) is 4.92. The third-order valence-corrected chi connectivity index (χ3v) is 6.95. The van der Waals surface area contributed by atoms with Gasteiger partial charge in [-0.3, -0.25) is 9.69 Å². The minimum Gasteiger partial charge on any atom is -0.480 e. The van der Waals surface area contributed by atoms with Gasteiger partial charge in [-0.15, -0.1) is 0 Å². The molecule has 0 aliphatic heterocycles. The van der Waals surface area contributed by atoms with Crippen LogP contribution in [0.4, 0.5) is 0 Å². The third-order valence-electron chi connectivity index (χ3n) is 6.95. The number of carbonyl (C=O) groups is 1. The number of aliphatic hydroxyl groups is 2. The highest BCUT2D eigenvalue weighted by molar-refractivity contribution is 5.73. The molecule has 3 N–H and O–H groups in total. The summed E-state index contributed by atoms with van der Waals surface area (Å²) in [5, 5.41) is 31.1. The molecule has 0 spiro atoms. The normalized spacial score (nSPS) is 14.6.